The van der Waals surface area contributed by atoms with E-state index in [1.807, 2.05) is 0 Å². The van der Waals surface area contributed by atoms with Gasteiger partial charge in [-0.05, 0) is 65.7 Å². The van der Waals surface area contributed by atoms with Gasteiger partial charge in [-0.3, -0.25) is 0 Å². The molecule has 0 amide bonds. The highest BCUT2D eigenvalue weighted by atomic mass is 14.4. The highest BCUT2D eigenvalue weighted by Gasteiger charge is 2.40. The van der Waals surface area contributed by atoms with Crippen molar-refractivity contribution in [1.29, 1.82) is 31.6 Å². The summed E-state index contributed by atoms with van der Waals surface area (Å²) in [6.07, 6.45) is 0.903. The fourth-order valence-corrected chi connectivity index (χ4v) is 6.55. The summed E-state index contributed by atoms with van der Waals surface area (Å²) in [6, 6.07) is 13.3. The van der Waals surface area contributed by atoms with Gasteiger partial charge in [0.25, 0.3) is 0 Å². The van der Waals surface area contributed by atoms with Gasteiger partial charge in [-0.15, -0.1) is 0 Å². The lowest BCUT2D eigenvalue weighted by atomic mass is 9.88. The van der Waals surface area contributed by atoms with Crippen molar-refractivity contribution in [1.82, 2.24) is 0 Å². The average molecular weight is 414 g/mol. The minimum atomic E-state index is 0.298. The molecule has 0 aliphatic heterocycles. The zero-order valence-corrected chi connectivity index (χ0v) is 16.8. The van der Waals surface area contributed by atoms with E-state index < -0.39 is 0 Å². The first-order valence-electron chi connectivity index (χ1n) is 10.2. The van der Waals surface area contributed by atoms with Gasteiger partial charge in [-0.2, -0.15) is 31.6 Å². The van der Waals surface area contributed by atoms with Crippen LogP contribution in [-0.4, -0.2) is 0 Å². The van der Waals surface area contributed by atoms with E-state index in [4.69, 9.17) is 0 Å². The largest absolute Gasteiger partial charge is 0.192 e. The molecule has 0 heterocycles. The second-order valence-electron chi connectivity index (χ2n) is 8.57. The molecule has 0 atom stereocenters. The Morgan fingerprint density at radius 1 is 0.303 bits per heavy atom. The van der Waals surface area contributed by atoms with Gasteiger partial charge in [0.2, 0.25) is 0 Å². The van der Waals surface area contributed by atoms with Crippen LogP contribution in [0.2, 0.25) is 0 Å². The zero-order valence-electron chi connectivity index (χ0n) is 16.8. The summed E-state index contributed by atoms with van der Waals surface area (Å²) in [5, 5.41) is 65.3. The lowest BCUT2D eigenvalue weighted by Gasteiger charge is -2.12. The summed E-state index contributed by atoms with van der Waals surface area (Å²) in [5.41, 5.74) is 6.07. The van der Waals surface area contributed by atoms with Gasteiger partial charge in [-0.25, -0.2) is 0 Å². The Labute approximate surface area is 186 Å². The first-order chi connectivity index (χ1) is 16.1. The van der Waals surface area contributed by atoms with Crippen LogP contribution in [0.3, 0.4) is 0 Å². The second kappa shape index (κ2) is 5.25. The van der Waals surface area contributed by atoms with E-state index in [0.717, 1.165) is 32.3 Å². The third-order valence-electron chi connectivity index (χ3n) is 7.60. The molecule has 0 fully saturated rings. The normalized spacial score (nSPS) is 12.9. The Bertz CT molecular complexity index is 1640. The van der Waals surface area contributed by atoms with Crippen LogP contribution in [0, 0.1) is 68.0 Å². The molecule has 4 aromatic carbocycles. The SMILES string of the molecule is N#Cc1c(C#N)c2c3c4c1Cc1c(C#N)c(C#N)c5c(c14)c1c(c(C#N)c(C#N)c(c31)C2)C5. The molecule has 0 saturated carbocycles. The lowest BCUT2D eigenvalue weighted by Crippen LogP contribution is -1.99. The van der Waals surface area contributed by atoms with Crippen molar-refractivity contribution in [3.05, 3.63) is 66.8 Å². The van der Waals surface area contributed by atoms with E-state index in [-0.39, 0.29) is 0 Å². The summed E-state index contributed by atoms with van der Waals surface area (Å²) >= 11 is 0. The predicted molar refractivity (Wildman–Crippen MR) is 116 cm³/mol. The summed E-state index contributed by atoms with van der Waals surface area (Å²) in [5.74, 6) is 0. The lowest BCUT2D eigenvalue weighted by molar-refractivity contribution is 1.19. The van der Waals surface area contributed by atoms with Crippen molar-refractivity contribution in [3.8, 4) is 36.4 Å². The van der Waals surface area contributed by atoms with Crippen molar-refractivity contribution in [2.24, 2.45) is 0 Å². The Morgan fingerprint density at radius 3 is 0.576 bits per heavy atom. The monoisotopic (exact) mass is 414 g/mol. The van der Waals surface area contributed by atoms with Crippen molar-refractivity contribution in [2.75, 3.05) is 0 Å². The van der Waals surface area contributed by atoms with Crippen LogP contribution in [-0.2, 0) is 19.3 Å². The van der Waals surface area contributed by atoms with Gasteiger partial charge in [0, 0.05) is 19.3 Å². The maximum absolute atomic E-state index is 10.0. The Hall–Kier alpha value is -5.40. The van der Waals surface area contributed by atoms with Crippen molar-refractivity contribution in [2.45, 2.75) is 19.3 Å². The van der Waals surface area contributed by atoms with Crippen LogP contribution in [0.15, 0.2) is 0 Å². The second-order valence-corrected chi connectivity index (χ2v) is 8.57. The van der Waals surface area contributed by atoms with Crippen molar-refractivity contribution in [3.63, 3.8) is 0 Å². The van der Waals surface area contributed by atoms with E-state index in [1.54, 1.807) is 0 Å². The molecular formula is C27H6N6. The number of hydrogen-bond acceptors (Lipinski definition) is 6. The molecule has 0 unspecified atom stereocenters. The first-order valence-corrected chi connectivity index (χ1v) is 10.2. The topological polar surface area (TPSA) is 143 Å². The Morgan fingerprint density at radius 2 is 0.455 bits per heavy atom. The minimum Gasteiger partial charge on any atom is -0.192 e. The smallest absolute Gasteiger partial charge is 0.101 e. The highest BCUT2D eigenvalue weighted by Crippen LogP contribution is 2.57. The molecule has 0 bridgehead atoms. The quantitative estimate of drug-likeness (QED) is 0.342. The zero-order chi connectivity index (χ0) is 22.8. The van der Waals surface area contributed by atoms with E-state index in [1.165, 1.54) is 0 Å². The Kier molecular flexibility index (Phi) is 2.75. The molecular weight excluding hydrogens is 408 g/mol. The molecule has 3 aliphatic rings. The standard InChI is InChI=1S/C27H6N6/c28-4-16-10-1-11-17(5-29)19(7-31)13-3-15-21(9-33)20(8-32)14-2-12(18(16)6-30)24-22(10)23(11)25(13)27(15)26(14)24/h1-3H2. The number of nitriles is 6. The van der Waals surface area contributed by atoms with Crippen LogP contribution in [0.25, 0.3) is 32.3 Å². The van der Waals surface area contributed by atoms with Gasteiger partial charge < -0.3 is 0 Å². The number of rotatable bonds is 0. The summed E-state index contributed by atoms with van der Waals surface area (Å²) in [7, 11) is 0. The maximum Gasteiger partial charge on any atom is 0.101 e. The third-order valence-corrected chi connectivity index (χ3v) is 7.60. The summed E-state index contributed by atoms with van der Waals surface area (Å²) in [4.78, 5) is 0. The summed E-state index contributed by atoms with van der Waals surface area (Å²) in [6.45, 7) is 0. The van der Waals surface area contributed by atoms with Crippen molar-refractivity contribution >= 4 is 32.3 Å². The van der Waals surface area contributed by atoms with Crippen molar-refractivity contribution < 1.29 is 0 Å². The van der Waals surface area contributed by atoms with E-state index >= 15 is 0 Å². The molecule has 0 saturated heterocycles. The fraction of sp³-hybridized carbons (Fsp3) is 0.111. The van der Waals surface area contributed by atoms with Crippen LogP contribution in [0.1, 0.15) is 66.8 Å². The molecule has 0 N–H and O–H groups in total. The van der Waals surface area contributed by atoms with Crippen LogP contribution >= 0.6 is 0 Å². The molecule has 6 nitrogen and oxygen atoms in total. The highest BCUT2D eigenvalue weighted by molar-refractivity contribution is 6.35. The molecule has 33 heavy (non-hydrogen) atoms. The van der Waals surface area contributed by atoms with Crippen LogP contribution in [0.4, 0.5) is 0 Å². The third kappa shape index (κ3) is 1.53. The number of nitrogens with zero attached hydrogens (tertiary/aromatic N) is 6. The molecule has 0 radical (unpaired) electrons. The molecule has 7 rings (SSSR count). The van der Waals surface area contributed by atoms with Crippen LogP contribution in [0.5, 0.6) is 0 Å². The van der Waals surface area contributed by atoms with E-state index in [2.05, 4.69) is 36.4 Å². The summed E-state index contributed by atoms with van der Waals surface area (Å²) < 4.78 is 0. The van der Waals surface area contributed by atoms with Gasteiger partial charge >= 0.3 is 0 Å². The van der Waals surface area contributed by atoms with Gasteiger partial charge in [0.1, 0.15) is 36.4 Å². The number of hydrogen-bond donors (Lipinski definition) is 0. The molecule has 4 aromatic rings. The fourth-order valence-electron chi connectivity index (χ4n) is 6.55. The molecule has 144 valence electrons. The number of benzene rings is 4. The van der Waals surface area contributed by atoms with Crippen LogP contribution < -0.4 is 0 Å². The average Bonchev–Trinajstić information content (AvgIpc) is 3.52. The van der Waals surface area contributed by atoms with E-state index in [9.17, 15) is 31.6 Å². The molecule has 3 aliphatic carbocycles. The molecule has 0 aromatic heterocycles. The van der Waals surface area contributed by atoms with E-state index in [0.29, 0.717) is 86.0 Å². The first kappa shape index (κ1) is 17.3. The molecule has 6 heteroatoms. The predicted octanol–water partition coefficient (Wildman–Crippen LogP) is 4.09. The molecule has 0 spiro atoms. The maximum atomic E-state index is 10.0. The van der Waals surface area contributed by atoms with Gasteiger partial charge in [0.05, 0.1) is 33.4 Å². The Balaban J connectivity index is 1.94. The minimum absolute atomic E-state index is 0.298. The van der Waals surface area contributed by atoms with Gasteiger partial charge in [-0.1, -0.05) is 0 Å². The van der Waals surface area contributed by atoms with Gasteiger partial charge in [0.15, 0.2) is 0 Å².